The van der Waals surface area contributed by atoms with Crippen molar-refractivity contribution in [2.75, 3.05) is 18.4 Å². The van der Waals surface area contributed by atoms with Crippen LogP contribution in [-0.4, -0.2) is 40.7 Å². The summed E-state index contributed by atoms with van der Waals surface area (Å²) < 4.78 is 5.41. The van der Waals surface area contributed by atoms with E-state index in [2.05, 4.69) is 5.32 Å². The van der Waals surface area contributed by atoms with Gasteiger partial charge in [-0.25, -0.2) is 4.79 Å². The van der Waals surface area contributed by atoms with Crippen molar-refractivity contribution < 1.29 is 19.4 Å². The Morgan fingerprint density at radius 3 is 2.58 bits per heavy atom. The summed E-state index contributed by atoms with van der Waals surface area (Å²) in [7, 11) is 0. The third-order valence-corrected chi connectivity index (χ3v) is 4.73. The van der Waals surface area contributed by atoms with E-state index in [9.17, 15) is 14.7 Å². The van der Waals surface area contributed by atoms with Crippen LogP contribution in [0.2, 0.25) is 0 Å². The molecule has 6 heteroatoms. The van der Waals surface area contributed by atoms with Crippen molar-refractivity contribution in [1.29, 1.82) is 0 Å². The maximum Gasteiger partial charge on any atom is 0.410 e. The number of fused-ring (bicyclic) bond motifs is 2. The molecule has 0 aliphatic carbocycles. The second-order valence-corrected chi connectivity index (χ2v) is 7.54. The van der Waals surface area contributed by atoms with E-state index in [1.807, 2.05) is 39.0 Å². The number of anilines is 1. The number of piperidine rings is 1. The van der Waals surface area contributed by atoms with E-state index < -0.39 is 11.0 Å². The van der Waals surface area contributed by atoms with E-state index in [4.69, 9.17) is 4.74 Å². The lowest BCUT2D eigenvalue weighted by Crippen LogP contribution is -2.49. The van der Waals surface area contributed by atoms with Gasteiger partial charge < -0.3 is 20.1 Å². The van der Waals surface area contributed by atoms with E-state index in [0.717, 1.165) is 16.8 Å². The molecule has 2 aliphatic heterocycles. The lowest BCUT2D eigenvalue weighted by molar-refractivity contribution is -0.122. The fourth-order valence-corrected chi connectivity index (χ4v) is 3.45. The summed E-state index contributed by atoms with van der Waals surface area (Å²) in [5.74, 6) is -0.0172. The van der Waals surface area contributed by atoms with Gasteiger partial charge in [-0.1, -0.05) is 12.1 Å². The zero-order chi connectivity index (χ0) is 17.5. The fraction of sp³-hybridized carbons (Fsp3) is 0.556. The second-order valence-electron chi connectivity index (χ2n) is 7.54. The van der Waals surface area contributed by atoms with Gasteiger partial charge in [0.25, 0.3) is 0 Å². The maximum absolute atomic E-state index is 12.6. The number of carbonyl (C=O) groups excluding carboxylic acids is 2. The SMILES string of the molecule is CC(C)(C)OC(=O)N1CCC2(CC1)C(=O)Nc1ccc(CO)cc12. The average molecular weight is 332 g/mol. The largest absolute Gasteiger partial charge is 0.444 e. The van der Waals surface area contributed by atoms with Crippen molar-refractivity contribution in [3.8, 4) is 0 Å². The highest BCUT2D eigenvalue weighted by molar-refractivity contribution is 6.06. The predicted molar refractivity (Wildman–Crippen MR) is 89.7 cm³/mol. The van der Waals surface area contributed by atoms with Gasteiger partial charge in [-0.15, -0.1) is 0 Å². The fourth-order valence-electron chi connectivity index (χ4n) is 3.45. The van der Waals surface area contributed by atoms with Crippen molar-refractivity contribution in [1.82, 2.24) is 4.90 Å². The van der Waals surface area contributed by atoms with Gasteiger partial charge in [0.2, 0.25) is 5.91 Å². The number of rotatable bonds is 1. The molecule has 24 heavy (non-hydrogen) atoms. The zero-order valence-electron chi connectivity index (χ0n) is 14.4. The van der Waals surface area contributed by atoms with Gasteiger partial charge in [0.15, 0.2) is 0 Å². The minimum atomic E-state index is -0.612. The Hall–Kier alpha value is -2.08. The highest BCUT2D eigenvalue weighted by atomic mass is 16.6. The zero-order valence-corrected chi connectivity index (χ0v) is 14.4. The minimum absolute atomic E-state index is 0.0172. The Kier molecular flexibility index (Phi) is 4.03. The Balaban J connectivity index is 1.79. The molecular weight excluding hydrogens is 308 g/mol. The van der Waals surface area contributed by atoms with E-state index in [0.29, 0.717) is 25.9 Å². The first-order valence-corrected chi connectivity index (χ1v) is 8.29. The summed E-state index contributed by atoms with van der Waals surface area (Å²) in [6.07, 6.45) is 0.778. The number of benzene rings is 1. The number of aliphatic hydroxyl groups is 1. The quantitative estimate of drug-likeness (QED) is 0.828. The summed E-state index contributed by atoms with van der Waals surface area (Å²) in [6.45, 7) is 6.42. The molecule has 1 saturated heterocycles. The molecule has 0 atom stereocenters. The van der Waals surface area contributed by atoms with Gasteiger partial charge in [-0.05, 0) is 50.8 Å². The number of hydrogen-bond acceptors (Lipinski definition) is 4. The minimum Gasteiger partial charge on any atom is -0.444 e. The van der Waals surface area contributed by atoms with Crippen LogP contribution in [0.4, 0.5) is 10.5 Å². The van der Waals surface area contributed by atoms with Gasteiger partial charge >= 0.3 is 6.09 Å². The number of carbonyl (C=O) groups is 2. The molecular formula is C18H24N2O4. The molecule has 2 amide bonds. The highest BCUT2D eigenvalue weighted by Crippen LogP contribution is 2.45. The topological polar surface area (TPSA) is 78.9 Å². The van der Waals surface area contributed by atoms with Gasteiger partial charge in [0, 0.05) is 18.8 Å². The molecule has 130 valence electrons. The first-order chi connectivity index (χ1) is 11.2. The average Bonchev–Trinajstić information content (AvgIpc) is 2.78. The molecule has 1 aromatic carbocycles. The molecule has 0 bridgehead atoms. The van der Waals surface area contributed by atoms with Crippen molar-refractivity contribution in [2.45, 2.75) is 51.2 Å². The van der Waals surface area contributed by atoms with Crippen molar-refractivity contribution in [3.05, 3.63) is 29.3 Å². The van der Waals surface area contributed by atoms with Crippen molar-refractivity contribution in [2.24, 2.45) is 0 Å². The lowest BCUT2D eigenvalue weighted by Gasteiger charge is -2.38. The third-order valence-electron chi connectivity index (χ3n) is 4.73. The van der Waals surface area contributed by atoms with Gasteiger partial charge in [0.1, 0.15) is 5.60 Å². The number of nitrogens with zero attached hydrogens (tertiary/aromatic N) is 1. The summed E-state index contributed by atoms with van der Waals surface area (Å²) >= 11 is 0. The summed E-state index contributed by atoms with van der Waals surface area (Å²) in [5.41, 5.74) is 1.39. The molecule has 0 radical (unpaired) electrons. The maximum atomic E-state index is 12.6. The van der Waals surface area contributed by atoms with Crippen LogP contribution in [-0.2, 0) is 21.6 Å². The number of aliphatic hydroxyl groups excluding tert-OH is 1. The Morgan fingerprint density at radius 1 is 1.33 bits per heavy atom. The number of amides is 2. The third kappa shape index (κ3) is 2.86. The molecule has 0 aromatic heterocycles. The van der Waals surface area contributed by atoms with Crippen LogP contribution in [0.15, 0.2) is 18.2 Å². The van der Waals surface area contributed by atoms with Gasteiger partial charge in [0.05, 0.1) is 12.0 Å². The van der Waals surface area contributed by atoms with Crippen LogP contribution in [0.3, 0.4) is 0 Å². The number of nitrogens with one attached hydrogen (secondary N) is 1. The summed E-state index contributed by atoms with van der Waals surface area (Å²) in [4.78, 5) is 26.5. The Morgan fingerprint density at radius 2 is 2.00 bits per heavy atom. The Labute approximate surface area is 141 Å². The van der Waals surface area contributed by atoms with Gasteiger partial charge in [-0.2, -0.15) is 0 Å². The molecule has 1 spiro atoms. The molecule has 0 saturated carbocycles. The molecule has 6 nitrogen and oxygen atoms in total. The van der Waals surface area contributed by atoms with Crippen LogP contribution in [0, 0.1) is 0 Å². The van der Waals surface area contributed by atoms with Crippen molar-refractivity contribution in [3.63, 3.8) is 0 Å². The summed E-state index contributed by atoms with van der Waals surface area (Å²) in [6, 6.07) is 5.55. The molecule has 3 rings (SSSR count). The van der Waals surface area contributed by atoms with Crippen LogP contribution in [0.5, 0.6) is 0 Å². The number of ether oxygens (including phenoxy) is 1. The lowest BCUT2D eigenvalue weighted by atomic mass is 9.73. The highest BCUT2D eigenvalue weighted by Gasteiger charge is 2.49. The van der Waals surface area contributed by atoms with E-state index in [1.165, 1.54) is 0 Å². The smallest absolute Gasteiger partial charge is 0.410 e. The predicted octanol–water partition coefficient (Wildman–Crippen LogP) is 2.40. The second kappa shape index (κ2) is 5.77. The number of hydrogen-bond donors (Lipinski definition) is 2. The molecule has 2 heterocycles. The normalized spacial score (nSPS) is 19.2. The standard InChI is InChI=1S/C18H24N2O4/c1-17(2,3)24-16(23)20-8-6-18(7-9-20)13-10-12(11-21)4-5-14(13)19-15(18)22/h4-5,10,21H,6-9,11H2,1-3H3,(H,19,22). The van der Waals surface area contributed by atoms with Crippen LogP contribution in [0.25, 0.3) is 0 Å². The van der Waals surface area contributed by atoms with E-state index in [1.54, 1.807) is 4.90 Å². The van der Waals surface area contributed by atoms with E-state index in [-0.39, 0.29) is 18.6 Å². The molecule has 2 N–H and O–H groups in total. The van der Waals surface area contributed by atoms with Crippen LogP contribution >= 0.6 is 0 Å². The first-order valence-electron chi connectivity index (χ1n) is 8.29. The summed E-state index contributed by atoms with van der Waals surface area (Å²) in [5, 5.41) is 12.3. The molecule has 0 unspecified atom stereocenters. The number of likely N-dealkylation sites (tertiary alicyclic amines) is 1. The Bertz CT molecular complexity index is 670. The first kappa shape index (κ1) is 16.8. The van der Waals surface area contributed by atoms with Crippen LogP contribution < -0.4 is 5.32 Å². The van der Waals surface area contributed by atoms with E-state index >= 15 is 0 Å². The monoisotopic (exact) mass is 332 g/mol. The van der Waals surface area contributed by atoms with Gasteiger partial charge in [-0.3, -0.25) is 4.79 Å². The molecule has 1 fully saturated rings. The molecule has 2 aliphatic rings. The van der Waals surface area contributed by atoms with Crippen LogP contribution in [0.1, 0.15) is 44.7 Å². The molecule has 1 aromatic rings. The van der Waals surface area contributed by atoms with Crippen molar-refractivity contribution >= 4 is 17.7 Å².